The van der Waals surface area contributed by atoms with Gasteiger partial charge in [-0.25, -0.2) is 0 Å². The molecule has 1 aliphatic rings. The van der Waals surface area contributed by atoms with Crippen LogP contribution in [0.4, 0.5) is 5.69 Å². The summed E-state index contributed by atoms with van der Waals surface area (Å²) in [4.78, 5) is 13.5. The van der Waals surface area contributed by atoms with Crippen LogP contribution in [0.25, 0.3) is 0 Å². The Morgan fingerprint density at radius 3 is 2.29 bits per heavy atom. The number of hydrogen-bond donors (Lipinski definition) is 0. The van der Waals surface area contributed by atoms with Crippen molar-refractivity contribution in [2.24, 2.45) is 5.41 Å². The molecule has 0 aromatic heterocycles. The molecule has 0 unspecified atom stereocenters. The topological polar surface area (TPSA) is 20.3 Å². The van der Waals surface area contributed by atoms with Gasteiger partial charge in [-0.15, -0.1) is 0 Å². The van der Waals surface area contributed by atoms with E-state index in [2.05, 4.69) is 45.0 Å². The first-order chi connectivity index (χ1) is 7.96. The molecular formula is C15H21NO. The molecule has 2 rings (SSSR count). The van der Waals surface area contributed by atoms with Crippen molar-refractivity contribution in [3.63, 3.8) is 0 Å². The molecule has 1 aromatic rings. The van der Waals surface area contributed by atoms with Gasteiger partial charge >= 0.3 is 0 Å². The fraction of sp³-hybridized carbons (Fsp3) is 0.533. The highest BCUT2D eigenvalue weighted by Gasteiger charge is 2.21. The maximum atomic E-state index is 11.6. The summed E-state index contributed by atoms with van der Waals surface area (Å²) in [6, 6.07) is 8.44. The van der Waals surface area contributed by atoms with Gasteiger partial charge in [0, 0.05) is 18.7 Å². The summed E-state index contributed by atoms with van der Waals surface area (Å²) in [5, 5.41) is 0. The summed E-state index contributed by atoms with van der Waals surface area (Å²) in [5.41, 5.74) is 2.70. The Balaban J connectivity index is 2.10. The molecule has 1 aromatic carbocycles. The highest BCUT2D eigenvalue weighted by Crippen LogP contribution is 2.25. The van der Waals surface area contributed by atoms with Gasteiger partial charge in [-0.3, -0.25) is 4.79 Å². The Hall–Kier alpha value is -1.31. The maximum absolute atomic E-state index is 11.6. The average Bonchev–Trinajstić information content (AvgIpc) is 2.63. The van der Waals surface area contributed by atoms with E-state index in [-0.39, 0.29) is 5.91 Å². The van der Waals surface area contributed by atoms with Gasteiger partial charge in [0.15, 0.2) is 0 Å². The van der Waals surface area contributed by atoms with Gasteiger partial charge in [-0.05, 0) is 36.0 Å². The average molecular weight is 231 g/mol. The van der Waals surface area contributed by atoms with Gasteiger partial charge < -0.3 is 4.90 Å². The molecule has 2 nitrogen and oxygen atoms in total. The van der Waals surface area contributed by atoms with Crippen molar-refractivity contribution in [2.75, 3.05) is 11.4 Å². The fourth-order valence-corrected chi connectivity index (χ4v) is 2.33. The lowest BCUT2D eigenvalue weighted by atomic mass is 9.88. The molecule has 0 N–H and O–H groups in total. The predicted octanol–water partition coefficient (Wildman–Crippen LogP) is 3.40. The molecule has 0 bridgehead atoms. The van der Waals surface area contributed by atoms with Gasteiger partial charge in [-0.2, -0.15) is 0 Å². The van der Waals surface area contributed by atoms with Crippen molar-refractivity contribution < 1.29 is 4.79 Å². The first-order valence-electron chi connectivity index (χ1n) is 6.35. The molecule has 1 saturated heterocycles. The third-order valence-electron chi connectivity index (χ3n) is 3.06. The number of hydrogen-bond acceptors (Lipinski definition) is 1. The first-order valence-corrected chi connectivity index (χ1v) is 6.35. The number of benzene rings is 1. The van der Waals surface area contributed by atoms with Gasteiger partial charge in [0.05, 0.1) is 0 Å². The molecule has 92 valence electrons. The molecule has 0 atom stereocenters. The molecule has 2 heteroatoms. The largest absolute Gasteiger partial charge is 0.312 e. The minimum absolute atomic E-state index is 0.258. The van der Waals surface area contributed by atoms with E-state index in [9.17, 15) is 4.79 Å². The van der Waals surface area contributed by atoms with Crippen LogP contribution in [-0.2, 0) is 11.2 Å². The van der Waals surface area contributed by atoms with Crippen molar-refractivity contribution in [1.82, 2.24) is 0 Å². The lowest BCUT2D eigenvalue weighted by Crippen LogP contribution is -2.23. The molecule has 0 radical (unpaired) electrons. The number of amides is 1. The summed E-state index contributed by atoms with van der Waals surface area (Å²) in [5.74, 6) is 0.258. The molecular weight excluding hydrogens is 210 g/mol. The second kappa shape index (κ2) is 4.52. The molecule has 0 aliphatic carbocycles. The third-order valence-corrected chi connectivity index (χ3v) is 3.06. The van der Waals surface area contributed by atoms with Crippen molar-refractivity contribution >= 4 is 11.6 Å². The van der Waals surface area contributed by atoms with Crippen LogP contribution < -0.4 is 4.90 Å². The smallest absolute Gasteiger partial charge is 0.227 e. The zero-order valence-electron chi connectivity index (χ0n) is 11.0. The van der Waals surface area contributed by atoms with Crippen LogP contribution in [0.3, 0.4) is 0 Å². The van der Waals surface area contributed by atoms with Gasteiger partial charge in [0.25, 0.3) is 0 Å². The Morgan fingerprint density at radius 1 is 1.18 bits per heavy atom. The van der Waals surface area contributed by atoms with E-state index in [4.69, 9.17) is 0 Å². The Morgan fingerprint density at radius 2 is 1.82 bits per heavy atom. The summed E-state index contributed by atoms with van der Waals surface area (Å²) in [6.07, 6.45) is 2.76. The van der Waals surface area contributed by atoms with Crippen molar-refractivity contribution in [3.8, 4) is 0 Å². The monoisotopic (exact) mass is 231 g/mol. The number of carbonyl (C=O) groups is 1. The number of rotatable bonds is 2. The van der Waals surface area contributed by atoms with Crippen molar-refractivity contribution in [1.29, 1.82) is 0 Å². The summed E-state index contributed by atoms with van der Waals surface area (Å²) < 4.78 is 0. The van der Waals surface area contributed by atoms with E-state index in [1.165, 1.54) is 5.56 Å². The van der Waals surface area contributed by atoms with Crippen LogP contribution >= 0.6 is 0 Å². The molecule has 17 heavy (non-hydrogen) atoms. The zero-order chi connectivity index (χ0) is 12.5. The second-order valence-corrected chi connectivity index (χ2v) is 6.05. The molecule has 0 spiro atoms. The lowest BCUT2D eigenvalue weighted by molar-refractivity contribution is -0.117. The summed E-state index contributed by atoms with van der Waals surface area (Å²) >= 11 is 0. The van der Waals surface area contributed by atoms with Crippen molar-refractivity contribution in [3.05, 3.63) is 29.8 Å². The normalized spacial score (nSPS) is 16.6. The molecule has 1 aliphatic heterocycles. The van der Waals surface area contributed by atoms with Gasteiger partial charge in [-0.1, -0.05) is 32.9 Å². The summed E-state index contributed by atoms with van der Waals surface area (Å²) in [6.45, 7) is 7.60. The maximum Gasteiger partial charge on any atom is 0.227 e. The van der Waals surface area contributed by atoms with Gasteiger partial charge in [0.1, 0.15) is 0 Å². The van der Waals surface area contributed by atoms with E-state index in [1.807, 2.05) is 4.90 Å². The third kappa shape index (κ3) is 3.09. The highest BCUT2D eigenvalue weighted by molar-refractivity contribution is 5.95. The number of carbonyl (C=O) groups excluding carboxylic acids is 1. The Bertz CT molecular complexity index is 400. The molecule has 0 saturated carbocycles. The predicted molar refractivity (Wildman–Crippen MR) is 71.2 cm³/mol. The lowest BCUT2D eigenvalue weighted by Gasteiger charge is -2.20. The van der Waals surface area contributed by atoms with Crippen LogP contribution in [0.2, 0.25) is 0 Å². The minimum atomic E-state index is 0.258. The zero-order valence-corrected chi connectivity index (χ0v) is 11.0. The standard InChI is InChI=1S/C15H21NO/c1-15(2,3)11-12-6-8-13(9-7-12)16-10-4-5-14(16)17/h6-9H,4-5,10-11H2,1-3H3. The quantitative estimate of drug-likeness (QED) is 0.764. The fourth-order valence-electron chi connectivity index (χ4n) is 2.33. The number of anilines is 1. The minimum Gasteiger partial charge on any atom is -0.312 e. The van der Waals surface area contributed by atoms with Crippen LogP contribution in [0.15, 0.2) is 24.3 Å². The number of nitrogens with zero attached hydrogens (tertiary/aromatic N) is 1. The van der Waals surface area contributed by atoms with Crippen LogP contribution in [0.5, 0.6) is 0 Å². The van der Waals surface area contributed by atoms with E-state index >= 15 is 0 Å². The van der Waals surface area contributed by atoms with Crippen molar-refractivity contribution in [2.45, 2.75) is 40.0 Å². The summed E-state index contributed by atoms with van der Waals surface area (Å²) in [7, 11) is 0. The van der Waals surface area contributed by atoms with E-state index in [1.54, 1.807) is 0 Å². The highest BCUT2D eigenvalue weighted by atomic mass is 16.2. The molecule has 1 fully saturated rings. The van der Waals surface area contributed by atoms with E-state index < -0.39 is 0 Å². The Kier molecular flexibility index (Phi) is 3.23. The van der Waals surface area contributed by atoms with Crippen LogP contribution in [0, 0.1) is 5.41 Å². The van der Waals surface area contributed by atoms with Crippen LogP contribution in [-0.4, -0.2) is 12.5 Å². The van der Waals surface area contributed by atoms with Gasteiger partial charge in [0.2, 0.25) is 5.91 Å². The van der Waals surface area contributed by atoms with E-state index in [0.717, 1.165) is 25.1 Å². The SMILES string of the molecule is CC(C)(C)Cc1ccc(N2CCCC2=O)cc1. The Labute approximate surface area is 104 Å². The van der Waals surface area contributed by atoms with E-state index in [0.29, 0.717) is 11.8 Å². The first kappa shape index (κ1) is 12.2. The molecule has 1 heterocycles. The molecule has 1 amide bonds. The van der Waals surface area contributed by atoms with Crippen LogP contribution in [0.1, 0.15) is 39.2 Å². The second-order valence-electron chi connectivity index (χ2n) is 6.05.